The minimum Gasteiger partial charge on any atom is -0.339 e. The first kappa shape index (κ1) is 22.0. The maximum Gasteiger partial charge on any atom is 0.261 e. The number of halogens is 1. The molecular weight excluding hydrogens is 427 g/mol. The zero-order valence-electron chi connectivity index (χ0n) is 17.6. The number of hydrogen-bond acceptors (Lipinski definition) is 3. The van der Waals surface area contributed by atoms with E-state index in [1.807, 2.05) is 11.0 Å². The number of hydrogen-bond donors (Lipinski definition) is 1. The molecule has 1 N–H and O–H groups in total. The van der Waals surface area contributed by atoms with Crippen LogP contribution in [-0.2, 0) is 16.4 Å². The van der Waals surface area contributed by atoms with Crippen molar-refractivity contribution in [2.75, 3.05) is 17.8 Å². The summed E-state index contributed by atoms with van der Waals surface area (Å²) in [5, 5.41) is 0. The van der Waals surface area contributed by atoms with Crippen LogP contribution in [-0.4, -0.2) is 32.3 Å². The van der Waals surface area contributed by atoms with E-state index in [-0.39, 0.29) is 10.8 Å². The molecule has 0 aliphatic carbocycles. The number of nitrogens with one attached hydrogen (secondary N) is 1. The Hall–Kier alpha value is -3.19. The molecule has 1 aliphatic heterocycles. The predicted molar refractivity (Wildman–Crippen MR) is 122 cm³/mol. The molecule has 0 spiro atoms. The largest absolute Gasteiger partial charge is 0.339 e. The topological polar surface area (TPSA) is 66.5 Å². The number of carbonyl (C=O) groups is 1. The third kappa shape index (κ3) is 5.34. The van der Waals surface area contributed by atoms with E-state index in [0.29, 0.717) is 17.2 Å². The lowest BCUT2D eigenvalue weighted by Crippen LogP contribution is -2.38. The van der Waals surface area contributed by atoms with Gasteiger partial charge in [-0.2, -0.15) is 0 Å². The summed E-state index contributed by atoms with van der Waals surface area (Å²) >= 11 is 0. The van der Waals surface area contributed by atoms with Gasteiger partial charge in [0.25, 0.3) is 15.9 Å². The molecule has 1 aliphatic rings. The number of sulfonamides is 1. The van der Waals surface area contributed by atoms with Crippen molar-refractivity contribution in [3.05, 3.63) is 95.8 Å². The molecule has 1 amide bonds. The number of nitrogens with zero attached hydrogens (tertiary/aromatic N) is 1. The van der Waals surface area contributed by atoms with Crippen molar-refractivity contribution in [3.8, 4) is 0 Å². The van der Waals surface area contributed by atoms with Gasteiger partial charge < -0.3 is 4.90 Å². The average Bonchev–Trinajstić information content (AvgIpc) is 2.80. The number of amides is 1. The van der Waals surface area contributed by atoms with Crippen LogP contribution in [0.2, 0.25) is 0 Å². The van der Waals surface area contributed by atoms with Gasteiger partial charge in [0.15, 0.2) is 0 Å². The van der Waals surface area contributed by atoms with Gasteiger partial charge >= 0.3 is 0 Å². The zero-order valence-corrected chi connectivity index (χ0v) is 18.4. The van der Waals surface area contributed by atoms with Crippen LogP contribution in [0.5, 0.6) is 0 Å². The highest BCUT2D eigenvalue weighted by Gasteiger charge is 2.24. The quantitative estimate of drug-likeness (QED) is 0.588. The lowest BCUT2D eigenvalue weighted by atomic mass is 9.90. The molecule has 1 heterocycles. The van der Waals surface area contributed by atoms with Gasteiger partial charge in [-0.05, 0) is 79.3 Å². The Kier molecular flexibility index (Phi) is 6.55. The fourth-order valence-electron chi connectivity index (χ4n) is 3.98. The molecule has 0 radical (unpaired) electrons. The van der Waals surface area contributed by atoms with Crippen LogP contribution >= 0.6 is 0 Å². The smallest absolute Gasteiger partial charge is 0.261 e. The first-order valence-electron chi connectivity index (χ1n) is 10.6. The summed E-state index contributed by atoms with van der Waals surface area (Å²) in [7, 11) is -3.83. The summed E-state index contributed by atoms with van der Waals surface area (Å²) in [6, 6.07) is 21.4. The van der Waals surface area contributed by atoms with Crippen LogP contribution in [0.4, 0.5) is 10.1 Å². The van der Waals surface area contributed by atoms with E-state index < -0.39 is 15.8 Å². The van der Waals surface area contributed by atoms with E-state index in [4.69, 9.17) is 0 Å². The zero-order chi connectivity index (χ0) is 22.6. The SMILES string of the molecule is O=C(c1ccc(NS(=O)(=O)c2ccc(F)cc2)cc1)N1CCC(Cc2ccccc2)CC1. The van der Waals surface area contributed by atoms with Gasteiger partial charge in [0.05, 0.1) is 4.90 Å². The molecule has 1 fully saturated rings. The fourth-order valence-corrected chi connectivity index (χ4v) is 5.04. The van der Waals surface area contributed by atoms with Gasteiger partial charge in [0.2, 0.25) is 0 Å². The van der Waals surface area contributed by atoms with Gasteiger partial charge in [0, 0.05) is 24.3 Å². The molecule has 0 bridgehead atoms. The molecule has 3 aromatic rings. The van der Waals surface area contributed by atoms with Crippen molar-refractivity contribution in [1.82, 2.24) is 4.90 Å². The molecule has 0 unspecified atom stereocenters. The van der Waals surface area contributed by atoms with Crippen LogP contribution in [0.3, 0.4) is 0 Å². The normalized spacial score (nSPS) is 14.8. The third-order valence-electron chi connectivity index (χ3n) is 5.78. The Balaban J connectivity index is 1.34. The van der Waals surface area contributed by atoms with E-state index in [0.717, 1.165) is 44.5 Å². The van der Waals surface area contributed by atoms with Crippen molar-refractivity contribution in [2.45, 2.75) is 24.2 Å². The highest BCUT2D eigenvalue weighted by molar-refractivity contribution is 7.92. The van der Waals surface area contributed by atoms with E-state index in [2.05, 4.69) is 29.0 Å². The second-order valence-electron chi connectivity index (χ2n) is 8.06. The number of piperidine rings is 1. The van der Waals surface area contributed by atoms with Crippen molar-refractivity contribution in [1.29, 1.82) is 0 Å². The van der Waals surface area contributed by atoms with Gasteiger partial charge in [0.1, 0.15) is 5.82 Å². The third-order valence-corrected chi connectivity index (χ3v) is 7.17. The Labute approximate surface area is 187 Å². The number of carbonyl (C=O) groups excluding carboxylic acids is 1. The minimum atomic E-state index is -3.83. The molecule has 32 heavy (non-hydrogen) atoms. The first-order chi connectivity index (χ1) is 15.4. The Morgan fingerprint density at radius 1 is 0.906 bits per heavy atom. The summed E-state index contributed by atoms with van der Waals surface area (Å²) in [6.07, 6.45) is 2.97. The highest BCUT2D eigenvalue weighted by atomic mass is 32.2. The van der Waals surface area contributed by atoms with Gasteiger partial charge in [-0.25, -0.2) is 12.8 Å². The molecule has 0 saturated carbocycles. The average molecular weight is 453 g/mol. The standard InChI is InChI=1S/C25H25FN2O3S/c26-22-8-12-24(13-9-22)32(30,31)27-23-10-6-21(7-11-23)25(29)28-16-14-20(15-17-28)18-19-4-2-1-3-5-19/h1-13,20,27H,14-18H2. The van der Waals surface area contributed by atoms with Crippen LogP contribution in [0.1, 0.15) is 28.8 Å². The summed E-state index contributed by atoms with van der Waals surface area (Å²) < 4.78 is 40.4. The molecule has 0 atom stereocenters. The summed E-state index contributed by atoms with van der Waals surface area (Å²) in [4.78, 5) is 14.7. The van der Waals surface area contributed by atoms with Crippen LogP contribution < -0.4 is 4.72 Å². The van der Waals surface area contributed by atoms with E-state index in [1.165, 1.54) is 17.7 Å². The minimum absolute atomic E-state index is 0.0302. The molecular formula is C25H25FN2O3S. The molecule has 5 nitrogen and oxygen atoms in total. The molecule has 7 heteroatoms. The molecule has 0 aromatic heterocycles. The summed E-state index contributed by atoms with van der Waals surface area (Å²) in [6.45, 7) is 1.44. The fraction of sp³-hybridized carbons (Fsp3) is 0.240. The van der Waals surface area contributed by atoms with E-state index in [1.54, 1.807) is 24.3 Å². The van der Waals surface area contributed by atoms with Crippen molar-refractivity contribution in [2.24, 2.45) is 5.92 Å². The second kappa shape index (κ2) is 9.53. The van der Waals surface area contributed by atoms with Crippen LogP contribution in [0, 0.1) is 11.7 Å². The Morgan fingerprint density at radius 3 is 2.16 bits per heavy atom. The van der Waals surface area contributed by atoms with Gasteiger partial charge in [-0.3, -0.25) is 9.52 Å². The summed E-state index contributed by atoms with van der Waals surface area (Å²) in [5.74, 6) is 0.0247. The number of anilines is 1. The van der Waals surface area contributed by atoms with Crippen molar-refractivity contribution in [3.63, 3.8) is 0 Å². The molecule has 166 valence electrons. The number of rotatable bonds is 6. The lowest BCUT2D eigenvalue weighted by molar-refractivity contribution is 0.0690. The molecule has 4 rings (SSSR count). The van der Waals surface area contributed by atoms with E-state index >= 15 is 0 Å². The van der Waals surface area contributed by atoms with E-state index in [9.17, 15) is 17.6 Å². The van der Waals surface area contributed by atoms with Crippen LogP contribution in [0.25, 0.3) is 0 Å². The Bertz CT molecular complexity index is 1160. The number of likely N-dealkylation sites (tertiary alicyclic amines) is 1. The summed E-state index contributed by atoms with van der Waals surface area (Å²) in [5.41, 5.74) is 2.19. The van der Waals surface area contributed by atoms with Gasteiger partial charge in [-0.1, -0.05) is 30.3 Å². The first-order valence-corrected chi connectivity index (χ1v) is 12.1. The predicted octanol–water partition coefficient (Wildman–Crippen LogP) is 4.72. The monoisotopic (exact) mass is 452 g/mol. The Morgan fingerprint density at radius 2 is 1.53 bits per heavy atom. The maximum absolute atomic E-state index is 13.0. The molecule has 1 saturated heterocycles. The second-order valence-corrected chi connectivity index (χ2v) is 9.74. The highest BCUT2D eigenvalue weighted by Crippen LogP contribution is 2.24. The van der Waals surface area contributed by atoms with Crippen molar-refractivity contribution >= 4 is 21.6 Å². The van der Waals surface area contributed by atoms with Gasteiger partial charge in [-0.15, -0.1) is 0 Å². The molecule has 3 aromatic carbocycles. The lowest BCUT2D eigenvalue weighted by Gasteiger charge is -2.32. The maximum atomic E-state index is 13.0. The van der Waals surface area contributed by atoms with Crippen molar-refractivity contribution < 1.29 is 17.6 Å². The number of benzene rings is 3. The van der Waals surface area contributed by atoms with Crippen LogP contribution in [0.15, 0.2) is 83.8 Å².